The minimum Gasteiger partial charge on any atom is -0.352 e. The maximum absolute atomic E-state index is 13.2. The third-order valence-corrected chi connectivity index (χ3v) is 7.03. The van der Waals surface area contributed by atoms with Gasteiger partial charge in [0.2, 0.25) is 5.91 Å². The van der Waals surface area contributed by atoms with Crippen molar-refractivity contribution in [3.63, 3.8) is 0 Å². The molecule has 1 saturated heterocycles. The Hall–Kier alpha value is -2.76. The molecule has 1 fully saturated rings. The Kier molecular flexibility index (Phi) is 6.95. The largest absolute Gasteiger partial charge is 0.352 e. The molecule has 0 bridgehead atoms. The molecule has 1 aromatic carbocycles. The average Bonchev–Trinajstić information content (AvgIpc) is 3.35. The van der Waals surface area contributed by atoms with E-state index < -0.39 is 0 Å². The third kappa shape index (κ3) is 5.30. The van der Waals surface area contributed by atoms with Gasteiger partial charge in [0.15, 0.2) is 0 Å². The van der Waals surface area contributed by atoms with E-state index in [0.29, 0.717) is 6.54 Å². The van der Waals surface area contributed by atoms with Crippen molar-refractivity contribution in [3.05, 3.63) is 90.1 Å². The molecule has 31 heavy (non-hydrogen) atoms. The van der Waals surface area contributed by atoms with Gasteiger partial charge in [-0.3, -0.25) is 14.7 Å². The SMILES string of the molecule is C=CCNC(=O)C1(Cc2ccc(-c3cccs3)cc2)CCN(Cc2ccccn2)CC1. The number of benzene rings is 1. The Morgan fingerprint density at radius 3 is 2.58 bits per heavy atom. The van der Waals surface area contributed by atoms with Gasteiger partial charge < -0.3 is 5.32 Å². The highest BCUT2D eigenvalue weighted by Gasteiger charge is 2.41. The number of nitrogens with zero attached hydrogens (tertiary/aromatic N) is 2. The lowest BCUT2D eigenvalue weighted by molar-refractivity contribution is -0.133. The van der Waals surface area contributed by atoms with Crippen molar-refractivity contribution in [2.75, 3.05) is 19.6 Å². The van der Waals surface area contributed by atoms with Crippen molar-refractivity contribution in [1.29, 1.82) is 0 Å². The summed E-state index contributed by atoms with van der Waals surface area (Å²) in [5, 5.41) is 5.17. The summed E-state index contributed by atoms with van der Waals surface area (Å²) >= 11 is 1.75. The summed E-state index contributed by atoms with van der Waals surface area (Å²) in [6.45, 7) is 6.88. The topological polar surface area (TPSA) is 45.2 Å². The average molecular weight is 432 g/mol. The van der Waals surface area contributed by atoms with Crippen molar-refractivity contribution < 1.29 is 4.79 Å². The number of carbonyl (C=O) groups excluding carboxylic acids is 1. The molecule has 1 amide bonds. The van der Waals surface area contributed by atoms with E-state index in [9.17, 15) is 4.79 Å². The van der Waals surface area contributed by atoms with E-state index in [4.69, 9.17) is 0 Å². The van der Waals surface area contributed by atoms with Gasteiger partial charge in [-0.2, -0.15) is 0 Å². The zero-order valence-corrected chi connectivity index (χ0v) is 18.6. The van der Waals surface area contributed by atoms with Gasteiger partial charge in [-0.15, -0.1) is 17.9 Å². The maximum Gasteiger partial charge on any atom is 0.226 e. The summed E-state index contributed by atoms with van der Waals surface area (Å²) in [5.74, 6) is 0.146. The van der Waals surface area contributed by atoms with Crippen molar-refractivity contribution in [1.82, 2.24) is 15.2 Å². The van der Waals surface area contributed by atoms with Gasteiger partial charge in [-0.25, -0.2) is 0 Å². The van der Waals surface area contributed by atoms with Crippen molar-refractivity contribution in [2.45, 2.75) is 25.8 Å². The number of piperidine rings is 1. The monoisotopic (exact) mass is 431 g/mol. The number of amides is 1. The van der Waals surface area contributed by atoms with E-state index in [1.54, 1.807) is 17.4 Å². The molecule has 1 aliphatic heterocycles. The van der Waals surface area contributed by atoms with Crippen molar-refractivity contribution in [3.8, 4) is 10.4 Å². The molecular formula is C26H29N3OS. The van der Waals surface area contributed by atoms with Crippen LogP contribution in [0.3, 0.4) is 0 Å². The van der Waals surface area contributed by atoms with Crippen LogP contribution in [0.1, 0.15) is 24.1 Å². The summed E-state index contributed by atoms with van der Waals surface area (Å²) < 4.78 is 0. The first-order valence-electron chi connectivity index (χ1n) is 10.8. The Morgan fingerprint density at radius 2 is 1.94 bits per heavy atom. The van der Waals surface area contributed by atoms with E-state index in [1.807, 2.05) is 18.3 Å². The number of nitrogens with one attached hydrogen (secondary N) is 1. The minimum atomic E-state index is -0.381. The molecule has 160 valence electrons. The summed E-state index contributed by atoms with van der Waals surface area (Å²) in [6, 6.07) is 19.0. The summed E-state index contributed by atoms with van der Waals surface area (Å²) in [6.07, 6.45) is 6.03. The highest BCUT2D eigenvalue weighted by Crippen LogP contribution is 2.36. The second kappa shape index (κ2) is 10.0. The zero-order valence-electron chi connectivity index (χ0n) is 17.8. The van der Waals surface area contributed by atoms with Crippen LogP contribution in [0.4, 0.5) is 0 Å². The molecular weight excluding hydrogens is 402 g/mol. The van der Waals surface area contributed by atoms with Gasteiger partial charge in [-0.05, 0) is 67.1 Å². The molecule has 1 aliphatic rings. The molecule has 4 nitrogen and oxygen atoms in total. The van der Waals surface area contributed by atoms with E-state index >= 15 is 0 Å². The van der Waals surface area contributed by atoms with Crippen LogP contribution < -0.4 is 5.32 Å². The molecule has 0 atom stereocenters. The van der Waals surface area contributed by atoms with Crippen LogP contribution in [-0.2, 0) is 17.8 Å². The number of hydrogen-bond acceptors (Lipinski definition) is 4. The standard InChI is InChI=1S/C26H29N3OS/c1-2-14-28-25(30)26(12-16-29(17-13-26)20-23-6-3-4-15-27-23)19-21-8-10-22(11-9-21)24-7-5-18-31-24/h2-11,15,18H,1,12-14,16-17,19-20H2,(H,28,30). The Labute approximate surface area is 188 Å². The van der Waals surface area contributed by atoms with E-state index in [-0.39, 0.29) is 11.3 Å². The second-order valence-electron chi connectivity index (χ2n) is 8.23. The van der Waals surface area contributed by atoms with Crippen LogP contribution in [0, 0.1) is 5.41 Å². The number of thiophene rings is 1. The Morgan fingerprint density at radius 1 is 1.13 bits per heavy atom. The molecule has 0 aliphatic carbocycles. The highest BCUT2D eigenvalue weighted by molar-refractivity contribution is 7.13. The van der Waals surface area contributed by atoms with Gasteiger partial charge in [0.25, 0.3) is 0 Å². The van der Waals surface area contributed by atoms with Gasteiger partial charge >= 0.3 is 0 Å². The molecule has 2 aromatic heterocycles. The quantitative estimate of drug-likeness (QED) is 0.514. The molecule has 3 aromatic rings. The molecule has 0 unspecified atom stereocenters. The molecule has 0 radical (unpaired) electrons. The number of likely N-dealkylation sites (tertiary alicyclic amines) is 1. The van der Waals surface area contributed by atoms with Gasteiger partial charge in [0, 0.05) is 24.2 Å². The van der Waals surface area contributed by atoms with Crippen LogP contribution in [0.2, 0.25) is 0 Å². The first-order chi connectivity index (χ1) is 15.2. The number of hydrogen-bond donors (Lipinski definition) is 1. The van der Waals surface area contributed by atoms with Crippen LogP contribution in [0.15, 0.2) is 78.8 Å². The summed E-state index contributed by atoms with van der Waals surface area (Å²) in [5.41, 5.74) is 3.14. The number of carbonyl (C=O) groups is 1. The number of pyridine rings is 1. The second-order valence-corrected chi connectivity index (χ2v) is 9.17. The first kappa shape index (κ1) is 21.5. The normalized spacial score (nSPS) is 16.0. The molecule has 0 spiro atoms. The molecule has 5 heteroatoms. The van der Waals surface area contributed by atoms with Crippen molar-refractivity contribution >= 4 is 17.2 Å². The van der Waals surface area contributed by atoms with E-state index in [0.717, 1.165) is 44.6 Å². The molecule has 3 heterocycles. The molecule has 4 rings (SSSR count). The Balaban J connectivity index is 1.47. The van der Waals surface area contributed by atoms with Gasteiger partial charge in [0.05, 0.1) is 11.1 Å². The molecule has 1 N–H and O–H groups in total. The number of rotatable bonds is 8. The lowest BCUT2D eigenvalue weighted by atomic mass is 9.72. The zero-order chi connectivity index (χ0) is 21.5. The van der Waals surface area contributed by atoms with E-state index in [1.165, 1.54) is 16.0 Å². The van der Waals surface area contributed by atoms with Crippen LogP contribution in [0.5, 0.6) is 0 Å². The van der Waals surface area contributed by atoms with E-state index in [2.05, 4.69) is 69.6 Å². The fourth-order valence-electron chi connectivity index (χ4n) is 4.32. The van der Waals surface area contributed by atoms with Crippen LogP contribution >= 0.6 is 11.3 Å². The fourth-order valence-corrected chi connectivity index (χ4v) is 5.05. The van der Waals surface area contributed by atoms with Gasteiger partial charge in [0.1, 0.15) is 0 Å². The Bertz CT molecular complexity index is 975. The lowest BCUT2D eigenvalue weighted by Gasteiger charge is -2.40. The smallest absolute Gasteiger partial charge is 0.226 e. The van der Waals surface area contributed by atoms with Crippen LogP contribution in [-0.4, -0.2) is 35.4 Å². The third-order valence-electron chi connectivity index (χ3n) is 6.12. The summed E-state index contributed by atoms with van der Waals surface area (Å²) in [4.78, 5) is 21.3. The first-order valence-corrected chi connectivity index (χ1v) is 11.7. The molecule has 0 saturated carbocycles. The van der Waals surface area contributed by atoms with Crippen LogP contribution in [0.25, 0.3) is 10.4 Å². The predicted molar refractivity (Wildman–Crippen MR) is 128 cm³/mol. The lowest BCUT2D eigenvalue weighted by Crippen LogP contribution is -2.50. The predicted octanol–water partition coefficient (Wildman–Crippen LogP) is 4.94. The maximum atomic E-state index is 13.2. The highest BCUT2D eigenvalue weighted by atomic mass is 32.1. The fraction of sp³-hybridized carbons (Fsp3) is 0.308. The number of aromatic nitrogens is 1. The van der Waals surface area contributed by atoms with Crippen molar-refractivity contribution in [2.24, 2.45) is 5.41 Å². The minimum absolute atomic E-state index is 0.146. The van der Waals surface area contributed by atoms with Gasteiger partial charge in [-0.1, -0.05) is 42.5 Å². The summed E-state index contributed by atoms with van der Waals surface area (Å²) in [7, 11) is 0.